The Labute approximate surface area is 245 Å². The number of amides is 2. The Morgan fingerprint density at radius 1 is 0.878 bits per heavy atom. The van der Waals surface area contributed by atoms with E-state index in [9.17, 15) is 9.90 Å². The number of carbonyl (C=O) groups excluding carboxylic acids is 1. The Bertz CT molecular complexity index is 1300. The highest BCUT2D eigenvalue weighted by atomic mass is 16.5. The second-order valence-electron chi connectivity index (χ2n) is 12.4. The van der Waals surface area contributed by atoms with Gasteiger partial charge in [-0.2, -0.15) is 5.10 Å². The Morgan fingerprint density at radius 3 is 2.02 bits per heavy atom. The molecule has 3 aromatic carbocycles. The molecule has 220 valence electrons. The minimum Gasteiger partial charge on any atom is -0.507 e. The van der Waals surface area contributed by atoms with E-state index in [0.717, 1.165) is 25.2 Å². The first-order chi connectivity index (χ1) is 19.3. The van der Waals surface area contributed by atoms with E-state index in [4.69, 9.17) is 4.74 Å². The highest BCUT2D eigenvalue weighted by Gasteiger charge is 2.20. The van der Waals surface area contributed by atoms with E-state index in [-0.39, 0.29) is 16.6 Å². The molecule has 0 saturated heterocycles. The van der Waals surface area contributed by atoms with Crippen LogP contribution in [-0.4, -0.2) is 35.3 Å². The van der Waals surface area contributed by atoms with Gasteiger partial charge in [-0.1, -0.05) is 85.7 Å². The second kappa shape index (κ2) is 13.7. The lowest BCUT2D eigenvalue weighted by atomic mass is 9.79. The van der Waals surface area contributed by atoms with Crippen molar-refractivity contribution in [1.29, 1.82) is 0 Å². The third kappa shape index (κ3) is 9.64. The van der Waals surface area contributed by atoms with E-state index >= 15 is 0 Å². The lowest BCUT2D eigenvalue weighted by molar-refractivity contribution is 0.252. The van der Waals surface area contributed by atoms with Crippen molar-refractivity contribution in [2.75, 3.05) is 18.4 Å². The fourth-order valence-electron chi connectivity index (χ4n) is 4.25. The molecular formula is C34H46N4O3. The van der Waals surface area contributed by atoms with Crippen molar-refractivity contribution in [3.8, 4) is 11.5 Å². The van der Waals surface area contributed by atoms with Crippen LogP contribution in [0.2, 0.25) is 0 Å². The average Bonchev–Trinajstić information content (AvgIpc) is 2.91. The Kier molecular flexibility index (Phi) is 10.6. The van der Waals surface area contributed by atoms with Gasteiger partial charge in [0.1, 0.15) is 18.1 Å². The van der Waals surface area contributed by atoms with Crippen molar-refractivity contribution in [1.82, 2.24) is 10.3 Å². The number of phenols is 1. The van der Waals surface area contributed by atoms with Gasteiger partial charge in [-0.25, -0.2) is 10.2 Å². The summed E-state index contributed by atoms with van der Waals surface area (Å²) in [7, 11) is 0. The molecule has 0 aliphatic heterocycles. The third-order valence-corrected chi connectivity index (χ3v) is 7.01. The van der Waals surface area contributed by atoms with Crippen molar-refractivity contribution in [2.45, 2.75) is 79.4 Å². The van der Waals surface area contributed by atoms with Gasteiger partial charge in [-0.3, -0.25) is 4.90 Å². The maximum Gasteiger partial charge on any atom is 0.339 e. The zero-order valence-corrected chi connectivity index (χ0v) is 25.8. The number of ether oxygens (including phenoxy) is 1. The SMILES string of the molecule is CCN(CC)Cc1ccc(NC(=O)N/N=C/c2ccc(OCc3cc(C(C)(C)C)cc(C(C)(C)C)c3)cc2O)cc1. The number of hydrogen-bond donors (Lipinski definition) is 3. The maximum absolute atomic E-state index is 12.3. The molecule has 0 heterocycles. The topological polar surface area (TPSA) is 86.2 Å². The van der Waals surface area contributed by atoms with E-state index in [1.165, 1.54) is 22.9 Å². The highest BCUT2D eigenvalue weighted by molar-refractivity contribution is 5.91. The molecule has 3 N–H and O–H groups in total. The van der Waals surface area contributed by atoms with E-state index in [1.807, 2.05) is 24.3 Å². The molecule has 0 aromatic heterocycles. The number of hydrogen-bond acceptors (Lipinski definition) is 5. The molecule has 7 nitrogen and oxygen atoms in total. The molecule has 0 aliphatic carbocycles. The molecule has 0 unspecified atom stereocenters. The predicted octanol–water partition coefficient (Wildman–Crippen LogP) is 7.56. The van der Waals surface area contributed by atoms with Crippen molar-refractivity contribution < 1.29 is 14.6 Å². The number of nitrogens with one attached hydrogen (secondary N) is 2. The zero-order valence-electron chi connectivity index (χ0n) is 25.8. The first kappa shape index (κ1) is 31.7. The van der Waals surface area contributed by atoms with Crippen LogP contribution in [0.15, 0.2) is 65.8 Å². The number of aromatic hydroxyl groups is 1. The lowest BCUT2D eigenvalue weighted by Gasteiger charge is -2.26. The summed E-state index contributed by atoms with van der Waals surface area (Å²) >= 11 is 0. The molecule has 0 radical (unpaired) electrons. The Balaban J connectivity index is 1.57. The van der Waals surface area contributed by atoms with Crippen molar-refractivity contribution in [3.63, 3.8) is 0 Å². The van der Waals surface area contributed by atoms with Crippen LogP contribution in [0, 0.1) is 0 Å². The fraction of sp³-hybridized carbons (Fsp3) is 0.412. The minimum atomic E-state index is -0.468. The standard InChI is InChI=1S/C34H46N4O3/c1-9-38(10-2)22-24-11-14-29(15-12-24)36-32(40)37-35-21-26-13-16-30(20-31(26)39)41-23-25-17-27(33(3,4)5)19-28(18-25)34(6,7)8/h11-21,39H,9-10,22-23H2,1-8H3,(H2,36,37,40)/b35-21+. The number of rotatable bonds is 10. The molecule has 0 aliphatic rings. The summed E-state index contributed by atoms with van der Waals surface area (Å²) in [5.74, 6) is 0.560. The minimum absolute atomic E-state index is 0.0103. The second-order valence-corrected chi connectivity index (χ2v) is 12.4. The van der Waals surface area contributed by atoms with E-state index < -0.39 is 6.03 Å². The third-order valence-electron chi connectivity index (χ3n) is 7.01. The fourth-order valence-corrected chi connectivity index (χ4v) is 4.25. The van der Waals surface area contributed by atoms with Gasteiger partial charge in [0.2, 0.25) is 0 Å². The van der Waals surface area contributed by atoms with Gasteiger partial charge in [0, 0.05) is 23.9 Å². The summed E-state index contributed by atoms with van der Waals surface area (Å²) in [6.45, 7) is 20.8. The molecule has 3 aromatic rings. The van der Waals surface area contributed by atoms with E-state index in [0.29, 0.717) is 23.6 Å². The van der Waals surface area contributed by atoms with Crippen LogP contribution < -0.4 is 15.5 Å². The molecule has 0 bridgehead atoms. The lowest BCUT2D eigenvalue weighted by Crippen LogP contribution is -2.24. The molecule has 3 rings (SSSR count). The van der Waals surface area contributed by atoms with Gasteiger partial charge in [-0.05, 0) is 70.4 Å². The van der Waals surface area contributed by atoms with Crippen LogP contribution in [0.25, 0.3) is 0 Å². The number of hydrazone groups is 1. The van der Waals surface area contributed by atoms with E-state index in [1.54, 1.807) is 18.2 Å². The summed E-state index contributed by atoms with van der Waals surface area (Å²) in [6.07, 6.45) is 1.40. The first-order valence-electron chi connectivity index (χ1n) is 14.3. The normalized spacial score (nSPS) is 12.1. The number of nitrogens with zero attached hydrogens (tertiary/aromatic N) is 2. The molecule has 41 heavy (non-hydrogen) atoms. The number of benzene rings is 3. The smallest absolute Gasteiger partial charge is 0.339 e. The summed E-state index contributed by atoms with van der Waals surface area (Å²) in [6, 6.07) is 19.0. The van der Waals surface area contributed by atoms with Crippen molar-refractivity contribution >= 4 is 17.9 Å². The predicted molar refractivity (Wildman–Crippen MR) is 169 cm³/mol. The molecule has 0 spiro atoms. The Hall–Kier alpha value is -3.84. The van der Waals surface area contributed by atoms with Gasteiger partial charge in [0.15, 0.2) is 0 Å². The van der Waals surface area contributed by atoms with Crippen LogP contribution in [0.1, 0.15) is 83.2 Å². The maximum atomic E-state index is 12.3. The van der Waals surface area contributed by atoms with Crippen LogP contribution in [0.5, 0.6) is 11.5 Å². The molecule has 0 saturated carbocycles. The number of urea groups is 1. The van der Waals surface area contributed by atoms with E-state index in [2.05, 4.69) is 94.3 Å². The van der Waals surface area contributed by atoms with Gasteiger partial charge < -0.3 is 15.2 Å². The van der Waals surface area contributed by atoms with Gasteiger partial charge in [0.25, 0.3) is 0 Å². The quantitative estimate of drug-likeness (QED) is 0.177. The monoisotopic (exact) mass is 558 g/mol. The molecule has 2 amide bonds. The summed E-state index contributed by atoms with van der Waals surface area (Å²) in [4.78, 5) is 14.6. The van der Waals surface area contributed by atoms with Crippen LogP contribution in [-0.2, 0) is 24.0 Å². The number of phenolic OH excluding ortho intramolecular Hbond substituents is 1. The zero-order chi connectivity index (χ0) is 30.2. The molecule has 0 atom stereocenters. The van der Waals surface area contributed by atoms with Crippen LogP contribution in [0.3, 0.4) is 0 Å². The number of carbonyl (C=O) groups is 1. The number of anilines is 1. The largest absolute Gasteiger partial charge is 0.507 e. The van der Waals surface area contributed by atoms with Crippen LogP contribution >= 0.6 is 0 Å². The summed E-state index contributed by atoms with van der Waals surface area (Å²) in [5, 5.41) is 17.2. The highest BCUT2D eigenvalue weighted by Crippen LogP contribution is 2.31. The van der Waals surface area contributed by atoms with Crippen molar-refractivity contribution in [2.24, 2.45) is 5.10 Å². The van der Waals surface area contributed by atoms with Gasteiger partial charge in [-0.15, -0.1) is 0 Å². The average molecular weight is 559 g/mol. The molecule has 0 fully saturated rings. The molecular weight excluding hydrogens is 512 g/mol. The molecule has 7 heteroatoms. The van der Waals surface area contributed by atoms with Crippen molar-refractivity contribution in [3.05, 3.63) is 88.5 Å². The summed E-state index contributed by atoms with van der Waals surface area (Å²) < 4.78 is 6.03. The Morgan fingerprint density at radius 2 is 1.49 bits per heavy atom. The van der Waals surface area contributed by atoms with Gasteiger partial charge in [0.05, 0.1) is 6.21 Å². The van der Waals surface area contributed by atoms with Crippen LogP contribution in [0.4, 0.5) is 10.5 Å². The first-order valence-corrected chi connectivity index (χ1v) is 14.3. The summed E-state index contributed by atoms with van der Waals surface area (Å²) in [5.41, 5.74) is 8.42. The van der Waals surface area contributed by atoms with Gasteiger partial charge >= 0.3 is 6.03 Å².